The van der Waals surface area contributed by atoms with Crippen molar-refractivity contribution in [1.82, 2.24) is 14.8 Å². The van der Waals surface area contributed by atoms with Gasteiger partial charge in [0.05, 0.1) is 29.2 Å². The molecule has 8 heteroatoms. The number of hydrogen-bond donors (Lipinski definition) is 0. The fourth-order valence-electron chi connectivity index (χ4n) is 4.15. The SMILES string of the molecule is Cc1nnc(N2CCC(N3SN(C)c4ccccc43)CC2)n1-c1ccc(Cl)cc1. The fourth-order valence-corrected chi connectivity index (χ4v) is 5.37. The summed E-state index contributed by atoms with van der Waals surface area (Å²) in [6.45, 7) is 3.91. The van der Waals surface area contributed by atoms with Gasteiger partial charge in [0, 0.05) is 31.2 Å². The van der Waals surface area contributed by atoms with Crippen molar-refractivity contribution in [3.63, 3.8) is 0 Å². The van der Waals surface area contributed by atoms with E-state index in [1.165, 1.54) is 11.4 Å². The van der Waals surface area contributed by atoms with Crippen molar-refractivity contribution in [2.75, 3.05) is 33.6 Å². The average Bonchev–Trinajstić information content (AvgIpc) is 3.29. The van der Waals surface area contributed by atoms with E-state index in [0.717, 1.165) is 48.4 Å². The molecule has 0 atom stereocenters. The normalized spacial score (nSPS) is 17.1. The summed E-state index contributed by atoms with van der Waals surface area (Å²) in [5.74, 6) is 1.80. The minimum atomic E-state index is 0.510. The number of benzene rings is 2. The van der Waals surface area contributed by atoms with Crippen LogP contribution in [0.4, 0.5) is 17.3 Å². The third-order valence-electron chi connectivity index (χ3n) is 5.64. The minimum absolute atomic E-state index is 0.510. The van der Waals surface area contributed by atoms with E-state index < -0.39 is 0 Å². The summed E-state index contributed by atoms with van der Waals surface area (Å²) in [5.41, 5.74) is 3.65. The number of anilines is 3. The van der Waals surface area contributed by atoms with Crippen LogP contribution in [0.25, 0.3) is 5.69 Å². The van der Waals surface area contributed by atoms with Crippen molar-refractivity contribution in [2.45, 2.75) is 25.8 Å². The fraction of sp³-hybridized carbons (Fsp3) is 0.333. The molecule has 0 unspecified atom stereocenters. The first kappa shape index (κ1) is 18.6. The number of aryl methyl sites for hydroxylation is 1. The highest BCUT2D eigenvalue weighted by molar-refractivity contribution is 8.02. The minimum Gasteiger partial charge on any atom is -0.340 e. The van der Waals surface area contributed by atoms with Gasteiger partial charge in [0.1, 0.15) is 5.82 Å². The van der Waals surface area contributed by atoms with E-state index in [-0.39, 0.29) is 0 Å². The summed E-state index contributed by atoms with van der Waals surface area (Å²) in [4.78, 5) is 2.35. The summed E-state index contributed by atoms with van der Waals surface area (Å²) in [5, 5.41) is 9.56. The van der Waals surface area contributed by atoms with Crippen molar-refractivity contribution in [1.29, 1.82) is 0 Å². The van der Waals surface area contributed by atoms with Gasteiger partial charge in [0.25, 0.3) is 0 Å². The zero-order valence-electron chi connectivity index (χ0n) is 16.5. The summed E-state index contributed by atoms with van der Waals surface area (Å²) >= 11 is 7.87. The third-order valence-corrected chi connectivity index (χ3v) is 7.00. The van der Waals surface area contributed by atoms with Gasteiger partial charge in [0.2, 0.25) is 5.95 Å². The van der Waals surface area contributed by atoms with Gasteiger partial charge in [-0.15, -0.1) is 10.2 Å². The maximum atomic E-state index is 6.06. The molecule has 0 bridgehead atoms. The molecule has 2 aliphatic rings. The van der Waals surface area contributed by atoms with E-state index in [9.17, 15) is 0 Å². The molecular weight excluding hydrogens is 404 g/mol. The first-order chi connectivity index (χ1) is 14.1. The van der Waals surface area contributed by atoms with Crippen LogP contribution >= 0.6 is 23.7 Å². The highest BCUT2D eigenvalue weighted by atomic mass is 35.5. The van der Waals surface area contributed by atoms with E-state index in [4.69, 9.17) is 11.6 Å². The second-order valence-corrected chi connectivity index (χ2v) is 9.01. The molecule has 2 aromatic carbocycles. The Hall–Kier alpha value is -2.38. The standard InChI is InChI=1S/C21H23ClN6S/c1-15-23-24-21(27(15)17-9-7-16(22)8-10-17)26-13-11-18(12-14-26)28-20-6-4-3-5-19(20)25(2)29-28/h3-10,18H,11-14H2,1-2H3. The molecule has 0 amide bonds. The van der Waals surface area contributed by atoms with E-state index in [0.29, 0.717) is 6.04 Å². The third kappa shape index (κ3) is 3.32. The lowest BCUT2D eigenvalue weighted by molar-refractivity contribution is 0.500. The number of piperidine rings is 1. The largest absolute Gasteiger partial charge is 0.340 e. The molecule has 0 radical (unpaired) electrons. The molecule has 29 heavy (non-hydrogen) atoms. The van der Waals surface area contributed by atoms with Crippen LogP contribution in [0.5, 0.6) is 0 Å². The predicted molar refractivity (Wildman–Crippen MR) is 121 cm³/mol. The topological polar surface area (TPSA) is 40.4 Å². The Kier molecular flexibility index (Phi) is 4.80. The Labute approximate surface area is 180 Å². The first-order valence-electron chi connectivity index (χ1n) is 9.85. The summed E-state index contributed by atoms with van der Waals surface area (Å²) in [7, 11) is 2.13. The summed E-state index contributed by atoms with van der Waals surface area (Å²) in [6.07, 6.45) is 2.17. The molecule has 1 aromatic heterocycles. The van der Waals surface area contributed by atoms with E-state index in [1.54, 1.807) is 12.1 Å². The predicted octanol–water partition coefficient (Wildman–Crippen LogP) is 4.72. The number of hydrogen-bond acceptors (Lipinski definition) is 6. The van der Waals surface area contributed by atoms with Crippen LogP contribution < -0.4 is 13.5 Å². The van der Waals surface area contributed by atoms with Crippen LogP contribution in [-0.2, 0) is 0 Å². The Morgan fingerprint density at radius 3 is 2.38 bits per heavy atom. The van der Waals surface area contributed by atoms with Crippen LogP contribution in [0.1, 0.15) is 18.7 Å². The molecule has 3 heterocycles. The van der Waals surface area contributed by atoms with Crippen molar-refractivity contribution in [2.24, 2.45) is 0 Å². The van der Waals surface area contributed by atoms with Crippen LogP contribution in [0.3, 0.4) is 0 Å². The van der Waals surface area contributed by atoms with Crippen molar-refractivity contribution < 1.29 is 0 Å². The lowest BCUT2D eigenvalue weighted by Gasteiger charge is -2.37. The number of nitrogens with zero attached hydrogens (tertiary/aromatic N) is 6. The molecule has 2 aliphatic heterocycles. The van der Waals surface area contributed by atoms with Gasteiger partial charge in [-0.05, 0) is 56.2 Å². The zero-order chi connectivity index (χ0) is 20.0. The Bertz CT molecular complexity index is 1010. The lowest BCUT2D eigenvalue weighted by atomic mass is 10.0. The van der Waals surface area contributed by atoms with Crippen LogP contribution in [0, 0.1) is 6.92 Å². The second-order valence-electron chi connectivity index (χ2n) is 7.47. The summed E-state index contributed by atoms with van der Waals surface area (Å²) in [6, 6.07) is 17.0. The van der Waals surface area contributed by atoms with Crippen molar-refractivity contribution in [3.8, 4) is 5.69 Å². The smallest absolute Gasteiger partial charge is 0.231 e. The highest BCUT2D eigenvalue weighted by Gasteiger charge is 2.33. The first-order valence-corrected chi connectivity index (χ1v) is 11.0. The maximum absolute atomic E-state index is 6.06. The van der Waals surface area contributed by atoms with E-state index in [2.05, 4.69) is 59.6 Å². The lowest BCUT2D eigenvalue weighted by Crippen LogP contribution is -2.43. The molecular formula is C21H23ClN6S. The van der Waals surface area contributed by atoms with Gasteiger partial charge in [0.15, 0.2) is 0 Å². The Balaban J connectivity index is 1.34. The molecule has 1 saturated heterocycles. The molecule has 0 spiro atoms. The zero-order valence-corrected chi connectivity index (χ0v) is 18.1. The quantitative estimate of drug-likeness (QED) is 0.564. The monoisotopic (exact) mass is 426 g/mol. The number of halogens is 1. The molecule has 5 rings (SSSR count). The Morgan fingerprint density at radius 1 is 0.966 bits per heavy atom. The van der Waals surface area contributed by atoms with Crippen LogP contribution in [0.2, 0.25) is 5.02 Å². The number of aromatic nitrogens is 3. The van der Waals surface area contributed by atoms with E-state index in [1.807, 2.05) is 31.2 Å². The summed E-state index contributed by atoms with van der Waals surface area (Å²) < 4.78 is 6.84. The van der Waals surface area contributed by atoms with Crippen molar-refractivity contribution in [3.05, 3.63) is 59.4 Å². The molecule has 0 saturated carbocycles. The second kappa shape index (κ2) is 7.46. The molecule has 150 valence electrons. The Morgan fingerprint density at radius 2 is 1.66 bits per heavy atom. The van der Waals surface area contributed by atoms with Crippen molar-refractivity contribution >= 4 is 41.1 Å². The van der Waals surface area contributed by atoms with Gasteiger partial charge < -0.3 is 4.90 Å². The van der Waals surface area contributed by atoms with Crippen LogP contribution in [0.15, 0.2) is 48.5 Å². The van der Waals surface area contributed by atoms with Gasteiger partial charge in [-0.1, -0.05) is 23.7 Å². The van der Waals surface area contributed by atoms with Gasteiger partial charge in [-0.2, -0.15) is 0 Å². The van der Waals surface area contributed by atoms with Gasteiger partial charge >= 0.3 is 0 Å². The molecule has 6 nitrogen and oxygen atoms in total. The number of para-hydroxylation sites is 2. The molecule has 1 fully saturated rings. The maximum Gasteiger partial charge on any atom is 0.231 e. The average molecular weight is 427 g/mol. The number of fused-ring (bicyclic) bond motifs is 1. The highest BCUT2D eigenvalue weighted by Crippen LogP contribution is 2.46. The number of rotatable bonds is 3. The molecule has 0 aliphatic carbocycles. The molecule has 0 N–H and O–H groups in total. The van der Waals surface area contributed by atoms with Gasteiger partial charge in [-0.3, -0.25) is 13.2 Å². The molecule has 3 aromatic rings. The van der Waals surface area contributed by atoms with Gasteiger partial charge in [-0.25, -0.2) is 0 Å². The van der Waals surface area contributed by atoms with Crippen LogP contribution in [-0.4, -0.2) is 40.9 Å². The van der Waals surface area contributed by atoms with E-state index >= 15 is 0 Å².